The molecule has 0 spiro atoms. The zero-order chi connectivity index (χ0) is 14.8. The minimum atomic E-state index is 0. The summed E-state index contributed by atoms with van der Waals surface area (Å²) in [5.74, 6) is 2.00. The van der Waals surface area contributed by atoms with E-state index in [-0.39, 0.29) is 12.4 Å². The number of phenolic OH excluding ortho intramolecular Hbond substituents is 1. The number of aromatic hydroxyl groups is 1. The molecule has 4 heteroatoms. The second kappa shape index (κ2) is 7.40. The zero-order valence-corrected chi connectivity index (χ0v) is 14.6. The number of benzene rings is 1. The number of allylic oxidation sites excluding steroid dienone is 2. The van der Waals surface area contributed by atoms with Gasteiger partial charge in [0.1, 0.15) is 5.75 Å². The van der Waals surface area contributed by atoms with Crippen LogP contribution in [0.15, 0.2) is 52.5 Å². The van der Waals surface area contributed by atoms with E-state index in [1.54, 1.807) is 11.6 Å². The first-order chi connectivity index (χ1) is 10.1. The van der Waals surface area contributed by atoms with E-state index in [1.807, 2.05) is 30.0 Å². The van der Waals surface area contributed by atoms with Gasteiger partial charge in [-0.05, 0) is 55.4 Å². The SMILES string of the molecule is CN(C)CC1C2=C(C=C/C1=C/c1cccc(O)c1)SCC2.Cl. The summed E-state index contributed by atoms with van der Waals surface area (Å²) in [6, 6.07) is 7.47. The molecule has 1 aromatic carbocycles. The summed E-state index contributed by atoms with van der Waals surface area (Å²) in [5, 5.41) is 9.64. The first-order valence-corrected chi connectivity index (χ1v) is 8.31. The maximum Gasteiger partial charge on any atom is 0.116 e. The summed E-state index contributed by atoms with van der Waals surface area (Å²) < 4.78 is 0. The fourth-order valence-corrected chi connectivity index (χ4v) is 4.15. The van der Waals surface area contributed by atoms with Gasteiger partial charge < -0.3 is 10.0 Å². The zero-order valence-electron chi connectivity index (χ0n) is 13.0. The van der Waals surface area contributed by atoms with Crippen molar-refractivity contribution >= 4 is 30.2 Å². The Hall–Kier alpha value is -1.16. The van der Waals surface area contributed by atoms with Gasteiger partial charge in [0, 0.05) is 23.1 Å². The lowest BCUT2D eigenvalue weighted by Crippen LogP contribution is -2.25. The molecule has 1 N–H and O–H groups in total. The highest BCUT2D eigenvalue weighted by Gasteiger charge is 2.27. The Morgan fingerprint density at radius 2 is 2.14 bits per heavy atom. The van der Waals surface area contributed by atoms with Gasteiger partial charge in [-0.3, -0.25) is 0 Å². The van der Waals surface area contributed by atoms with E-state index in [0.717, 1.165) is 12.1 Å². The van der Waals surface area contributed by atoms with Gasteiger partial charge in [0.05, 0.1) is 0 Å². The van der Waals surface area contributed by atoms with Crippen molar-refractivity contribution in [2.24, 2.45) is 5.92 Å². The van der Waals surface area contributed by atoms with Gasteiger partial charge in [-0.25, -0.2) is 0 Å². The van der Waals surface area contributed by atoms with E-state index in [1.165, 1.54) is 22.7 Å². The van der Waals surface area contributed by atoms with Gasteiger partial charge in [0.2, 0.25) is 0 Å². The lowest BCUT2D eigenvalue weighted by atomic mass is 9.84. The maximum absolute atomic E-state index is 9.64. The lowest BCUT2D eigenvalue weighted by molar-refractivity contribution is 0.371. The van der Waals surface area contributed by atoms with Gasteiger partial charge in [-0.1, -0.05) is 24.3 Å². The minimum Gasteiger partial charge on any atom is -0.508 e. The Labute approximate surface area is 143 Å². The number of hydrogen-bond acceptors (Lipinski definition) is 3. The molecule has 0 radical (unpaired) electrons. The Kier molecular flexibility index (Phi) is 5.79. The Balaban J connectivity index is 0.00000176. The summed E-state index contributed by atoms with van der Waals surface area (Å²) in [6.07, 6.45) is 7.90. The predicted octanol–water partition coefficient (Wildman–Crippen LogP) is 4.34. The molecule has 2 aliphatic rings. The van der Waals surface area contributed by atoms with Crippen LogP contribution in [-0.4, -0.2) is 36.4 Å². The second-order valence-corrected chi connectivity index (χ2v) is 7.01. The molecule has 22 heavy (non-hydrogen) atoms. The molecule has 0 amide bonds. The highest BCUT2D eigenvalue weighted by Crippen LogP contribution is 2.43. The van der Waals surface area contributed by atoms with Gasteiger partial charge in [-0.2, -0.15) is 0 Å². The van der Waals surface area contributed by atoms with Crippen LogP contribution in [0.5, 0.6) is 5.75 Å². The van der Waals surface area contributed by atoms with Crippen molar-refractivity contribution in [1.82, 2.24) is 4.90 Å². The van der Waals surface area contributed by atoms with Crippen LogP contribution >= 0.6 is 24.2 Å². The molecule has 118 valence electrons. The number of rotatable bonds is 3. The van der Waals surface area contributed by atoms with E-state index >= 15 is 0 Å². The van der Waals surface area contributed by atoms with E-state index in [9.17, 15) is 5.11 Å². The molecule has 1 heterocycles. The first-order valence-electron chi connectivity index (χ1n) is 7.33. The smallest absolute Gasteiger partial charge is 0.116 e. The van der Waals surface area contributed by atoms with E-state index in [4.69, 9.17) is 0 Å². The number of phenols is 1. The number of nitrogens with zero attached hydrogens (tertiary/aromatic N) is 1. The van der Waals surface area contributed by atoms with Gasteiger partial charge in [0.25, 0.3) is 0 Å². The largest absolute Gasteiger partial charge is 0.508 e. The molecular weight excluding hydrogens is 314 g/mol. The number of thioether (sulfide) groups is 1. The quantitative estimate of drug-likeness (QED) is 0.889. The van der Waals surface area contributed by atoms with Crippen molar-refractivity contribution in [1.29, 1.82) is 0 Å². The van der Waals surface area contributed by atoms with Crippen LogP contribution in [0, 0.1) is 5.92 Å². The van der Waals surface area contributed by atoms with Crippen LogP contribution in [0.3, 0.4) is 0 Å². The van der Waals surface area contributed by atoms with Crippen LogP contribution < -0.4 is 0 Å². The molecule has 0 saturated heterocycles. The van der Waals surface area contributed by atoms with Gasteiger partial charge in [0.15, 0.2) is 0 Å². The first kappa shape index (κ1) is 17.2. The molecule has 1 atom stereocenters. The second-order valence-electron chi connectivity index (χ2n) is 5.88. The van der Waals surface area contributed by atoms with Crippen molar-refractivity contribution in [2.45, 2.75) is 6.42 Å². The van der Waals surface area contributed by atoms with Crippen molar-refractivity contribution in [2.75, 3.05) is 26.4 Å². The molecule has 3 rings (SSSR count). The van der Waals surface area contributed by atoms with E-state index < -0.39 is 0 Å². The van der Waals surface area contributed by atoms with Crippen LogP contribution in [0.1, 0.15) is 12.0 Å². The summed E-state index contributed by atoms with van der Waals surface area (Å²) in [5.41, 5.74) is 3.99. The molecule has 0 fully saturated rings. The Morgan fingerprint density at radius 3 is 2.86 bits per heavy atom. The molecule has 1 aliphatic carbocycles. The highest BCUT2D eigenvalue weighted by molar-refractivity contribution is 8.03. The molecule has 0 aromatic heterocycles. The molecule has 2 nitrogen and oxygen atoms in total. The van der Waals surface area contributed by atoms with Crippen molar-refractivity contribution in [3.63, 3.8) is 0 Å². The lowest BCUT2D eigenvalue weighted by Gasteiger charge is -2.27. The summed E-state index contributed by atoms with van der Waals surface area (Å²) >= 11 is 1.98. The predicted molar refractivity (Wildman–Crippen MR) is 98.6 cm³/mol. The average molecular weight is 336 g/mol. The maximum atomic E-state index is 9.64. The Bertz CT molecular complexity index is 634. The molecular formula is C18H22ClNOS. The standard InChI is InChI=1S/C18H21NOS.ClH/c1-19(2)12-17-14(6-7-18-16(17)8-9-21-18)10-13-4-3-5-15(20)11-13;/h3-7,10-11,17,20H,8-9,12H2,1-2H3;1H/b14-10-;. The normalized spacial score (nSPS) is 22.1. The minimum absolute atomic E-state index is 0. The molecule has 0 saturated carbocycles. The fourth-order valence-electron chi connectivity index (χ4n) is 3.01. The van der Waals surface area contributed by atoms with Gasteiger partial charge >= 0.3 is 0 Å². The van der Waals surface area contributed by atoms with Gasteiger partial charge in [-0.15, -0.1) is 24.2 Å². The van der Waals surface area contributed by atoms with Crippen LogP contribution in [-0.2, 0) is 0 Å². The third-order valence-electron chi connectivity index (χ3n) is 3.95. The number of halogens is 1. The molecule has 1 aromatic rings. The topological polar surface area (TPSA) is 23.5 Å². The van der Waals surface area contributed by atoms with Crippen LogP contribution in [0.2, 0.25) is 0 Å². The van der Waals surface area contributed by atoms with Crippen molar-refractivity contribution in [3.05, 3.63) is 58.0 Å². The molecule has 1 aliphatic heterocycles. The van der Waals surface area contributed by atoms with Crippen LogP contribution in [0.25, 0.3) is 6.08 Å². The number of hydrogen-bond donors (Lipinski definition) is 1. The van der Waals surface area contributed by atoms with Crippen LogP contribution in [0.4, 0.5) is 0 Å². The molecule has 1 unspecified atom stereocenters. The third-order valence-corrected chi connectivity index (χ3v) is 5.06. The fraction of sp³-hybridized carbons (Fsp3) is 0.333. The van der Waals surface area contributed by atoms with Crippen molar-refractivity contribution in [3.8, 4) is 5.75 Å². The summed E-state index contributed by atoms with van der Waals surface area (Å²) in [7, 11) is 4.26. The summed E-state index contributed by atoms with van der Waals surface area (Å²) in [4.78, 5) is 3.73. The average Bonchev–Trinajstić information content (AvgIpc) is 2.90. The van der Waals surface area contributed by atoms with E-state index in [2.05, 4.69) is 37.2 Å². The van der Waals surface area contributed by atoms with Crippen molar-refractivity contribution < 1.29 is 5.11 Å². The van der Waals surface area contributed by atoms with E-state index in [0.29, 0.717) is 11.7 Å². The highest BCUT2D eigenvalue weighted by atomic mass is 35.5. The monoisotopic (exact) mass is 335 g/mol. The third kappa shape index (κ3) is 3.78. The Morgan fingerprint density at radius 1 is 1.32 bits per heavy atom. The molecule has 0 bridgehead atoms. The summed E-state index contributed by atoms with van der Waals surface area (Å²) in [6.45, 7) is 1.04.